The van der Waals surface area contributed by atoms with E-state index in [4.69, 9.17) is 4.74 Å². The first-order valence-electron chi connectivity index (χ1n) is 8.94. The lowest BCUT2D eigenvalue weighted by Gasteiger charge is -2.06. The van der Waals surface area contributed by atoms with Crippen LogP contribution in [-0.4, -0.2) is 22.8 Å². The highest BCUT2D eigenvalue weighted by atomic mass is 19.1. The van der Waals surface area contributed by atoms with E-state index in [0.717, 1.165) is 11.3 Å². The highest BCUT2D eigenvalue weighted by Gasteiger charge is 2.14. The fourth-order valence-corrected chi connectivity index (χ4v) is 2.96. The average molecular weight is 383 g/mol. The molecule has 1 aromatic heterocycles. The Morgan fingerprint density at radius 2 is 1.96 bits per heavy atom. The first-order chi connectivity index (χ1) is 13.5. The zero-order valence-electron chi connectivity index (χ0n) is 15.8. The smallest absolute Gasteiger partial charge is 0.274 e. The van der Waals surface area contributed by atoms with Crippen LogP contribution in [0.3, 0.4) is 0 Å². The minimum absolute atomic E-state index is 0.142. The largest absolute Gasteiger partial charge is 0.497 e. The van der Waals surface area contributed by atoms with Crippen LogP contribution in [0.15, 0.2) is 53.3 Å². The monoisotopic (exact) mass is 383 g/mol. The number of rotatable bonds is 7. The number of carbonyl (C=O) groups excluding carboxylic acids is 1. The average Bonchev–Trinajstić information content (AvgIpc) is 2.99. The predicted octanol–water partition coefficient (Wildman–Crippen LogP) is 2.87. The molecule has 0 aliphatic carbocycles. The van der Waals surface area contributed by atoms with E-state index in [1.807, 2.05) is 24.3 Å². The van der Waals surface area contributed by atoms with Crippen LogP contribution in [0.25, 0.3) is 5.69 Å². The molecule has 0 saturated heterocycles. The maximum absolute atomic E-state index is 13.1. The van der Waals surface area contributed by atoms with Gasteiger partial charge in [0.1, 0.15) is 11.6 Å². The number of halogens is 1. The summed E-state index contributed by atoms with van der Waals surface area (Å²) < 4.78 is 19.6. The quantitative estimate of drug-likeness (QED) is 0.659. The van der Waals surface area contributed by atoms with Gasteiger partial charge in [-0.25, -0.2) is 9.07 Å². The van der Waals surface area contributed by atoms with E-state index < -0.39 is 0 Å². The van der Waals surface area contributed by atoms with Crippen molar-refractivity contribution in [2.75, 3.05) is 7.11 Å². The van der Waals surface area contributed by atoms with Crippen LogP contribution in [-0.2, 0) is 17.8 Å². The van der Waals surface area contributed by atoms with Crippen LogP contribution in [0.5, 0.6) is 5.75 Å². The number of nitrogens with zero attached hydrogens (tertiary/aromatic N) is 1. The number of benzene rings is 2. The maximum atomic E-state index is 13.1. The molecular formula is C21H22FN3O3. The number of carbonyl (C=O) groups is 1. The Labute approximate surface area is 161 Å². The summed E-state index contributed by atoms with van der Waals surface area (Å²) in [7, 11) is 1.59. The highest BCUT2D eigenvalue weighted by Crippen LogP contribution is 2.13. The second-order valence-corrected chi connectivity index (χ2v) is 6.46. The second kappa shape index (κ2) is 8.56. The van der Waals surface area contributed by atoms with Crippen molar-refractivity contribution in [3.8, 4) is 11.4 Å². The number of hydrogen-bond acceptors (Lipinski definition) is 3. The van der Waals surface area contributed by atoms with Gasteiger partial charge in [0.05, 0.1) is 12.8 Å². The molecule has 2 N–H and O–H groups in total. The molecule has 146 valence electrons. The van der Waals surface area contributed by atoms with Crippen molar-refractivity contribution < 1.29 is 13.9 Å². The first-order valence-corrected chi connectivity index (χ1v) is 8.94. The molecule has 1 amide bonds. The van der Waals surface area contributed by atoms with Gasteiger partial charge in [-0.2, -0.15) is 0 Å². The van der Waals surface area contributed by atoms with Gasteiger partial charge >= 0.3 is 0 Å². The fraction of sp³-hybridized carbons (Fsp3) is 0.238. The lowest BCUT2D eigenvalue weighted by Crippen LogP contribution is -2.24. The third kappa shape index (κ3) is 4.49. The lowest BCUT2D eigenvalue weighted by molar-refractivity contribution is -0.121. The molecule has 0 saturated carbocycles. The van der Waals surface area contributed by atoms with Crippen LogP contribution in [0, 0.1) is 12.7 Å². The molecular weight excluding hydrogens is 361 g/mol. The third-order valence-electron chi connectivity index (χ3n) is 4.50. The van der Waals surface area contributed by atoms with E-state index in [1.165, 1.54) is 28.9 Å². The van der Waals surface area contributed by atoms with Crippen molar-refractivity contribution >= 4 is 5.91 Å². The molecule has 3 aromatic rings. The Morgan fingerprint density at radius 1 is 1.21 bits per heavy atom. The Balaban J connectivity index is 1.62. The van der Waals surface area contributed by atoms with Crippen LogP contribution in [0.2, 0.25) is 0 Å². The van der Waals surface area contributed by atoms with E-state index in [0.29, 0.717) is 29.9 Å². The summed E-state index contributed by atoms with van der Waals surface area (Å²) in [5, 5.41) is 5.83. The summed E-state index contributed by atoms with van der Waals surface area (Å²) in [4.78, 5) is 24.8. The Hall–Kier alpha value is -3.35. The highest BCUT2D eigenvalue weighted by molar-refractivity contribution is 5.76. The molecule has 0 radical (unpaired) electrons. The van der Waals surface area contributed by atoms with Gasteiger partial charge in [-0.15, -0.1) is 0 Å². The van der Waals surface area contributed by atoms with Crippen LogP contribution in [0.4, 0.5) is 4.39 Å². The molecule has 0 bridgehead atoms. The molecule has 0 aliphatic heterocycles. The molecule has 0 fully saturated rings. The molecule has 0 aliphatic rings. The first kappa shape index (κ1) is 19.4. The normalized spacial score (nSPS) is 10.7. The SMILES string of the molecule is COc1cccc(CNC(=O)CCc2c(C)[nH]n(-c3ccc(F)cc3)c2=O)c1. The van der Waals surface area contributed by atoms with Crippen molar-refractivity contribution in [3.63, 3.8) is 0 Å². The summed E-state index contributed by atoms with van der Waals surface area (Å²) in [6.07, 6.45) is 0.515. The number of nitrogens with one attached hydrogen (secondary N) is 2. The van der Waals surface area contributed by atoms with Crippen LogP contribution < -0.4 is 15.6 Å². The Morgan fingerprint density at radius 3 is 2.68 bits per heavy atom. The van der Waals surface area contributed by atoms with Gasteiger partial charge in [0.15, 0.2) is 0 Å². The number of ether oxygens (including phenoxy) is 1. The van der Waals surface area contributed by atoms with Crippen molar-refractivity contribution in [3.05, 3.63) is 81.5 Å². The summed E-state index contributed by atoms with van der Waals surface area (Å²) in [5.41, 5.74) is 2.48. The number of hydrogen-bond donors (Lipinski definition) is 2. The zero-order valence-corrected chi connectivity index (χ0v) is 15.8. The predicted molar refractivity (Wildman–Crippen MR) is 104 cm³/mol. The molecule has 7 heteroatoms. The molecule has 3 rings (SSSR count). The molecule has 1 heterocycles. The van der Waals surface area contributed by atoms with Gasteiger partial charge in [-0.3, -0.25) is 14.7 Å². The molecule has 2 aromatic carbocycles. The third-order valence-corrected chi connectivity index (χ3v) is 4.50. The number of aromatic nitrogens is 2. The Kier molecular flexibility index (Phi) is 5.93. The summed E-state index contributed by atoms with van der Waals surface area (Å²) in [6, 6.07) is 13.1. The Bertz CT molecular complexity index is 1020. The minimum Gasteiger partial charge on any atom is -0.497 e. The van der Waals surface area contributed by atoms with Gasteiger partial charge < -0.3 is 10.1 Å². The fourth-order valence-electron chi connectivity index (χ4n) is 2.96. The molecule has 28 heavy (non-hydrogen) atoms. The summed E-state index contributed by atoms with van der Waals surface area (Å²) >= 11 is 0. The number of H-pyrrole nitrogens is 1. The van der Waals surface area contributed by atoms with E-state index >= 15 is 0 Å². The molecule has 0 atom stereocenters. The zero-order chi connectivity index (χ0) is 20.1. The standard InChI is InChI=1S/C21H22FN3O3/c1-14-19(21(27)25(24-14)17-8-6-16(22)7-9-17)10-11-20(26)23-13-15-4-3-5-18(12-15)28-2/h3-9,12,24H,10-11,13H2,1-2H3,(H,23,26). The maximum Gasteiger partial charge on any atom is 0.274 e. The summed E-state index contributed by atoms with van der Waals surface area (Å²) in [5.74, 6) is 0.222. The van der Waals surface area contributed by atoms with Crippen molar-refractivity contribution in [1.29, 1.82) is 0 Å². The molecule has 0 unspecified atom stereocenters. The topological polar surface area (TPSA) is 76.1 Å². The molecule has 6 nitrogen and oxygen atoms in total. The van der Waals surface area contributed by atoms with Gasteiger partial charge in [0, 0.05) is 24.2 Å². The van der Waals surface area contributed by atoms with Gasteiger partial charge in [0.25, 0.3) is 5.56 Å². The lowest BCUT2D eigenvalue weighted by atomic mass is 10.1. The van der Waals surface area contributed by atoms with E-state index in [1.54, 1.807) is 14.0 Å². The second-order valence-electron chi connectivity index (χ2n) is 6.46. The van der Waals surface area contributed by atoms with Crippen molar-refractivity contribution in [2.45, 2.75) is 26.3 Å². The molecule has 0 spiro atoms. The van der Waals surface area contributed by atoms with Gasteiger partial charge in [-0.1, -0.05) is 12.1 Å². The van der Waals surface area contributed by atoms with Gasteiger partial charge in [0.2, 0.25) is 5.91 Å². The van der Waals surface area contributed by atoms with Crippen LogP contribution >= 0.6 is 0 Å². The van der Waals surface area contributed by atoms with E-state index in [2.05, 4.69) is 10.4 Å². The van der Waals surface area contributed by atoms with E-state index in [-0.39, 0.29) is 23.7 Å². The number of aromatic amines is 1. The van der Waals surface area contributed by atoms with Crippen molar-refractivity contribution in [1.82, 2.24) is 15.1 Å². The number of methoxy groups -OCH3 is 1. The van der Waals surface area contributed by atoms with E-state index in [9.17, 15) is 14.0 Å². The number of aryl methyl sites for hydroxylation is 1. The van der Waals surface area contributed by atoms with Gasteiger partial charge in [-0.05, 0) is 55.3 Å². The van der Waals surface area contributed by atoms with Crippen molar-refractivity contribution in [2.24, 2.45) is 0 Å². The minimum atomic E-state index is -0.368. The number of amides is 1. The van der Waals surface area contributed by atoms with Crippen LogP contribution in [0.1, 0.15) is 23.2 Å². The summed E-state index contributed by atoms with van der Waals surface area (Å²) in [6.45, 7) is 2.17.